The van der Waals surface area contributed by atoms with Gasteiger partial charge in [0.2, 0.25) is 0 Å². The molecule has 210 valence electrons. The van der Waals surface area contributed by atoms with Crippen LogP contribution >= 0.6 is 0 Å². The summed E-state index contributed by atoms with van der Waals surface area (Å²) >= 11 is 0. The summed E-state index contributed by atoms with van der Waals surface area (Å²) in [6, 6.07) is 0. The van der Waals surface area contributed by atoms with Gasteiger partial charge in [-0.25, -0.2) is 0 Å². The molecule has 0 spiro atoms. The highest BCUT2D eigenvalue weighted by Gasteiger charge is 2.95. The minimum absolute atomic E-state index is 0.0714. The number of halogens is 17. The van der Waals surface area contributed by atoms with E-state index in [9.17, 15) is 74.6 Å². The van der Waals surface area contributed by atoms with Crippen LogP contribution in [0.1, 0.15) is 25.7 Å². The molecule has 0 rings (SSSR count). The lowest BCUT2D eigenvalue weighted by atomic mass is 9.88. The van der Waals surface area contributed by atoms with Crippen molar-refractivity contribution >= 4 is 0 Å². The van der Waals surface area contributed by atoms with Crippen LogP contribution in [-0.4, -0.2) is 70.6 Å². The van der Waals surface area contributed by atoms with Gasteiger partial charge >= 0.3 is 47.6 Å². The lowest BCUT2D eigenvalue weighted by molar-refractivity contribution is -0.461. The van der Waals surface area contributed by atoms with Crippen LogP contribution in [0.4, 0.5) is 74.6 Å². The Balaban J connectivity index is 6.09. The van der Waals surface area contributed by atoms with Crippen molar-refractivity contribution in [3.05, 3.63) is 12.2 Å². The largest absolute Gasteiger partial charge is 0.460 e. The number of rotatable bonds is 13. The molecule has 0 saturated heterocycles. The number of aliphatic hydroxyl groups is 2. The van der Waals surface area contributed by atoms with E-state index in [0.717, 1.165) is 0 Å². The molecule has 1 unspecified atom stereocenters. The number of alkyl halides is 17. The lowest BCUT2D eigenvalue weighted by Gasteiger charge is -2.42. The molecule has 0 aromatic carbocycles. The van der Waals surface area contributed by atoms with Gasteiger partial charge in [0.1, 0.15) is 0 Å². The van der Waals surface area contributed by atoms with E-state index in [4.69, 9.17) is 10.2 Å². The van der Waals surface area contributed by atoms with Crippen molar-refractivity contribution in [1.82, 2.24) is 0 Å². The molecule has 0 aromatic heterocycles. The summed E-state index contributed by atoms with van der Waals surface area (Å²) in [6.07, 6.45) is -12.0. The highest BCUT2D eigenvalue weighted by Crippen LogP contribution is 2.64. The molecule has 2 nitrogen and oxygen atoms in total. The van der Waals surface area contributed by atoms with Crippen LogP contribution in [0.25, 0.3) is 0 Å². The van der Waals surface area contributed by atoms with E-state index in [1.54, 1.807) is 0 Å². The highest BCUT2D eigenvalue weighted by molar-refractivity contribution is 5.15. The summed E-state index contributed by atoms with van der Waals surface area (Å²) in [7, 11) is 0. The first-order valence-corrected chi connectivity index (χ1v) is 8.86. The van der Waals surface area contributed by atoms with Crippen molar-refractivity contribution in [1.29, 1.82) is 0 Å². The molecule has 1 atom stereocenters. The highest BCUT2D eigenvalue weighted by atomic mass is 19.4. The van der Waals surface area contributed by atoms with Gasteiger partial charge in [-0.2, -0.15) is 74.6 Å². The van der Waals surface area contributed by atoms with Crippen LogP contribution in [-0.2, 0) is 0 Å². The van der Waals surface area contributed by atoms with Crippen LogP contribution in [0.2, 0.25) is 0 Å². The molecule has 0 heterocycles. The molecular weight excluding hydrogens is 547 g/mol. The summed E-state index contributed by atoms with van der Waals surface area (Å²) < 4.78 is 222. The Labute approximate surface area is 184 Å². The van der Waals surface area contributed by atoms with Crippen LogP contribution in [0.5, 0.6) is 0 Å². The van der Waals surface area contributed by atoms with Crippen molar-refractivity contribution in [2.24, 2.45) is 0 Å². The Morgan fingerprint density at radius 3 is 1.29 bits per heavy atom. The summed E-state index contributed by atoms with van der Waals surface area (Å²) in [5.41, 5.74) is 0. The van der Waals surface area contributed by atoms with E-state index in [-0.39, 0.29) is 25.3 Å². The zero-order valence-corrected chi connectivity index (χ0v) is 16.6. The van der Waals surface area contributed by atoms with Crippen LogP contribution in [0.3, 0.4) is 0 Å². The Kier molecular flexibility index (Phi) is 9.64. The molecule has 35 heavy (non-hydrogen) atoms. The average Bonchev–Trinajstić information content (AvgIpc) is 2.68. The van der Waals surface area contributed by atoms with Gasteiger partial charge < -0.3 is 10.2 Å². The SMILES string of the molecule is OCC(O)CCC/C=C/CC(F)(F)C(F)(F)C(F)(F)C(F)(F)C(F)(F)C(F)(F)C(F)(F)C(F)(F)F. The second-order valence-corrected chi connectivity index (χ2v) is 7.09. The molecular formula is C16H15F17O2. The van der Waals surface area contributed by atoms with E-state index < -0.39 is 66.8 Å². The van der Waals surface area contributed by atoms with E-state index in [0.29, 0.717) is 6.08 Å². The molecule has 0 saturated carbocycles. The average molecular weight is 562 g/mol. The third-order valence-electron chi connectivity index (χ3n) is 4.45. The van der Waals surface area contributed by atoms with Crippen LogP contribution < -0.4 is 0 Å². The summed E-state index contributed by atoms with van der Waals surface area (Å²) in [5, 5.41) is 17.4. The van der Waals surface area contributed by atoms with Gasteiger partial charge in [-0.05, 0) is 19.3 Å². The zero-order chi connectivity index (χ0) is 28.5. The minimum atomic E-state index is -8.63. The van der Waals surface area contributed by atoms with Gasteiger partial charge in [0, 0.05) is 6.42 Å². The predicted octanol–water partition coefficient (Wildman–Crippen LogP) is 6.47. The number of unbranched alkanes of at least 4 members (excludes halogenated alkanes) is 1. The Morgan fingerprint density at radius 1 is 0.543 bits per heavy atom. The summed E-state index contributed by atoms with van der Waals surface area (Å²) in [4.78, 5) is 0. The number of allylic oxidation sites excluding steroid dienone is 2. The first kappa shape index (κ1) is 33.5. The molecule has 0 aliphatic carbocycles. The second-order valence-electron chi connectivity index (χ2n) is 7.09. The van der Waals surface area contributed by atoms with Crippen LogP contribution in [0.15, 0.2) is 12.2 Å². The second kappa shape index (κ2) is 10.1. The zero-order valence-electron chi connectivity index (χ0n) is 16.6. The van der Waals surface area contributed by atoms with Crippen molar-refractivity contribution in [3.63, 3.8) is 0 Å². The molecule has 0 bridgehead atoms. The fourth-order valence-electron chi connectivity index (χ4n) is 2.24. The third-order valence-corrected chi connectivity index (χ3v) is 4.45. The maximum Gasteiger partial charge on any atom is 0.460 e. The van der Waals surface area contributed by atoms with Gasteiger partial charge in [0.05, 0.1) is 12.7 Å². The standard InChI is InChI=1S/C16H15F17O2/c17-9(18,6-4-2-1-3-5-8(35)7-34)10(19,20)11(21,22)12(23,24)13(25,26)14(27,28)15(29,30)16(31,32)33/h2,4,8,34-35H,1,3,5-7H2/b4-2+. The van der Waals surface area contributed by atoms with E-state index in [1.165, 1.54) is 0 Å². The lowest BCUT2D eigenvalue weighted by Crippen LogP contribution is -2.74. The predicted molar refractivity (Wildman–Crippen MR) is 81.4 cm³/mol. The maximum absolute atomic E-state index is 13.6. The summed E-state index contributed by atoms with van der Waals surface area (Å²) in [6.45, 7) is -0.740. The van der Waals surface area contributed by atoms with Crippen LogP contribution in [0, 0.1) is 0 Å². The summed E-state index contributed by atoms with van der Waals surface area (Å²) in [5.74, 6) is -56.3. The quantitative estimate of drug-likeness (QED) is 0.154. The van der Waals surface area contributed by atoms with Crippen molar-refractivity contribution < 1.29 is 84.9 Å². The molecule has 19 heteroatoms. The number of hydrogen-bond acceptors (Lipinski definition) is 2. The maximum atomic E-state index is 13.6. The Hall–Kier alpha value is -1.53. The van der Waals surface area contributed by atoms with Gasteiger partial charge in [-0.3, -0.25) is 0 Å². The van der Waals surface area contributed by atoms with Crippen molar-refractivity contribution in [2.45, 2.75) is 79.4 Å². The Morgan fingerprint density at radius 2 is 0.914 bits per heavy atom. The smallest absolute Gasteiger partial charge is 0.394 e. The molecule has 0 radical (unpaired) electrons. The Bertz CT molecular complexity index is 726. The minimum Gasteiger partial charge on any atom is -0.394 e. The van der Waals surface area contributed by atoms with Crippen molar-refractivity contribution in [3.8, 4) is 0 Å². The van der Waals surface area contributed by atoms with Crippen molar-refractivity contribution in [2.75, 3.05) is 6.61 Å². The van der Waals surface area contributed by atoms with Gasteiger partial charge in [-0.1, -0.05) is 12.2 Å². The van der Waals surface area contributed by atoms with E-state index in [1.807, 2.05) is 0 Å². The van der Waals surface area contributed by atoms with Gasteiger partial charge in [0.25, 0.3) is 0 Å². The number of aliphatic hydroxyl groups excluding tert-OH is 2. The number of hydrogen-bond donors (Lipinski definition) is 2. The topological polar surface area (TPSA) is 40.5 Å². The third kappa shape index (κ3) is 5.58. The van der Waals surface area contributed by atoms with Gasteiger partial charge in [-0.15, -0.1) is 0 Å². The monoisotopic (exact) mass is 562 g/mol. The van der Waals surface area contributed by atoms with Gasteiger partial charge in [0.15, 0.2) is 0 Å². The first-order valence-electron chi connectivity index (χ1n) is 8.86. The first-order chi connectivity index (χ1) is 15.2. The van der Waals surface area contributed by atoms with E-state index >= 15 is 0 Å². The normalized spacial score (nSPS) is 16.8. The molecule has 0 aliphatic rings. The fourth-order valence-corrected chi connectivity index (χ4v) is 2.24. The molecule has 0 fully saturated rings. The molecule has 0 amide bonds. The fraction of sp³-hybridized carbons (Fsp3) is 0.875. The molecule has 0 aromatic rings. The molecule has 2 N–H and O–H groups in total. The van der Waals surface area contributed by atoms with E-state index in [2.05, 4.69) is 0 Å². The molecule has 0 aliphatic heterocycles.